The van der Waals surface area contributed by atoms with Crippen LogP contribution in [0.5, 0.6) is 0 Å². The zero-order chi connectivity index (χ0) is 49.3. The molecule has 398 valence electrons. The molecule has 3 N–H and O–H groups in total. The van der Waals surface area contributed by atoms with Crippen LogP contribution in [0.15, 0.2) is 48.6 Å². The highest BCUT2D eigenvalue weighted by atomic mass is 16.5. The highest BCUT2D eigenvalue weighted by Gasteiger charge is 2.18. The molecule has 2 unspecified atom stereocenters. The fourth-order valence-electron chi connectivity index (χ4n) is 8.96. The van der Waals surface area contributed by atoms with Gasteiger partial charge in [-0.25, -0.2) is 0 Å². The Morgan fingerprint density at radius 1 is 0.412 bits per heavy atom. The van der Waals surface area contributed by atoms with Crippen LogP contribution in [-0.2, 0) is 14.3 Å². The van der Waals surface area contributed by atoms with Crippen LogP contribution in [0.4, 0.5) is 0 Å². The van der Waals surface area contributed by atoms with Crippen molar-refractivity contribution in [1.29, 1.82) is 0 Å². The SMILES string of the molecule is CCCC/C=C\CCCCCCCC(=O)OCCCCC/C=C\C=C/CCCCCCCCCCCCC(=O)NC(CO)C(O)/C=C/CCCCCCCCCCCCCCCCCCCCC. The number of carbonyl (C=O) groups excluding carboxylic acids is 2. The summed E-state index contributed by atoms with van der Waals surface area (Å²) in [7, 11) is 0. The van der Waals surface area contributed by atoms with Crippen LogP contribution in [0, 0.1) is 0 Å². The third kappa shape index (κ3) is 53.2. The Kier molecular flexibility index (Phi) is 55.6. The summed E-state index contributed by atoms with van der Waals surface area (Å²) < 4.78 is 5.43. The molecule has 6 nitrogen and oxygen atoms in total. The molecule has 0 saturated carbocycles. The summed E-state index contributed by atoms with van der Waals surface area (Å²) >= 11 is 0. The van der Waals surface area contributed by atoms with Crippen molar-refractivity contribution in [3.05, 3.63) is 48.6 Å². The smallest absolute Gasteiger partial charge is 0.305 e. The molecule has 0 heterocycles. The molecule has 0 radical (unpaired) electrons. The molecule has 0 aromatic rings. The van der Waals surface area contributed by atoms with E-state index in [1.807, 2.05) is 6.08 Å². The minimum absolute atomic E-state index is 0.0255. The number of amides is 1. The summed E-state index contributed by atoms with van der Waals surface area (Å²) in [5.41, 5.74) is 0. The minimum atomic E-state index is -0.853. The lowest BCUT2D eigenvalue weighted by molar-refractivity contribution is -0.143. The maximum atomic E-state index is 12.5. The summed E-state index contributed by atoms with van der Waals surface area (Å²) in [6.07, 6.45) is 72.8. The number of allylic oxidation sites excluding steroid dienone is 7. The fourth-order valence-corrected chi connectivity index (χ4v) is 8.96. The van der Waals surface area contributed by atoms with Crippen LogP contribution in [-0.4, -0.2) is 47.4 Å². The molecule has 2 atom stereocenters. The summed E-state index contributed by atoms with van der Waals surface area (Å²) in [6.45, 7) is 4.83. The van der Waals surface area contributed by atoms with Gasteiger partial charge in [0.15, 0.2) is 0 Å². The van der Waals surface area contributed by atoms with Crippen LogP contribution >= 0.6 is 0 Å². The third-order valence-electron chi connectivity index (χ3n) is 13.6. The predicted octanol–water partition coefficient (Wildman–Crippen LogP) is 18.6. The van der Waals surface area contributed by atoms with Gasteiger partial charge < -0.3 is 20.3 Å². The maximum absolute atomic E-state index is 12.5. The van der Waals surface area contributed by atoms with Crippen molar-refractivity contribution in [2.24, 2.45) is 0 Å². The van der Waals surface area contributed by atoms with Gasteiger partial charge in [-0.1, -0.05) is 262 Å². The lowest BCUT2D eigenvalue weighted by Crippen LogP contribution is -2.45. The largest absolute Gasteiger partial charge is 0.466 e. The van der Waals surface area contributed by atoms with Gasteiger partial charge in [0, 0.05) is 12.8 Å². The Morgan fingerprint density at radius 2 is 0.750 bits per heavy atom. The summed E-state index contributed by atoms with van der Waals surface area (Å²) in [6, 6.07) is -0.637. The highest BCUT2D eigenvalue weighted by Crippen LogP contribution is 2.17. The number of rotatable bonds is 55. The molecule has 68 heavy (non-hydrogen) atoms. The monoisotopic (exact) mass is 954 g/mol. The van der Waals surface area contributed by atoms with Gasteiger partial charge in [-0.05, 0) is 83.5 Å². The van der Waals surface area contributed by atoms with Crippen molar-refractivity contribution >= 4 is 11.9 Å². The highest BCUT2D eigenvalue weighted by molar-refractivity contribution is 5.76. The molecular weight excluding hydrogens is 839 g/mol. The molecule has 0 aliphatic rings. The van der Waals surface area contributed by atoms with E-state index < -0.39 is 12.1 Å². The van der Waals surface area contributed by atoms with Crippen LogP contribution in [0.25, 0.3) is 0 Å². The van der Waals surface area contributed by atoms with Crippen molar-refractivity contribution < 1.29 is 24.5 Å². The second-order valence-electron chi connectivity index (χ2n) is 20.3. The lowest BCUT2D eigenvalue weighted by Gasteiger charge is -2.20. The number of carbonyl (C=O) groups is 2. The average Bonchev–Trinajstić information content (AvgIpc) is 3.34. The first-order chi connectivity index (χ1) is 33.5. The first-order valence-corrected chi connectivity index (χ1v) is 29.9. The van der Waals surface area contributed by atoms with E-state index in [2.05, 4.69) is 55.6 Å². The fraction of sp³-hybridized carbons (Fsp3) is 0.839. The number of unbranched alkanes of at least 4 members (excludes halogenated alkanes) is 39. The van der Waals surface area contributed by atoms with E-state index in [-0.39, 0.29) is 18.5 Å². The first kappa shape index (κ1) is 65.8. The Balaban J connectivity index is 3.52. The van der Waals surface area contributed by atoms with E-state index in [1.165, 1.54) is 205 Å². The third-order valence-corrected chi connectivity index (χ3v) is 13.6. The molecule has 0 aromatic heterocycles. The van der Waals surface area contributed by atoms with E-state index in [9.17, 15) is 19.8 Å². The number of nitrogens with one attached hydrogen (secondary N) is 1. The van der Waals surface area contributed by atoms with Gasteiger partial charge in [-0.15, -0.1) is 0 Å². The van der Waals surface area contributed by atoms with Gasteiger partial charge in [0.25, 0.3) is 0 Å². The second-order valence-corrected chi connectivity index (χ2v) is 20.3. The van der Waals surface area contributed by atoms with Crippen LogP contribution in [0.2, 0.25) is 0 Å². The predicted molar refractivity (Wildman–Crippen MR) is 296 cm³/mol. The second kappa shape index (κ2) is 57.4. The van der Waals surface area contributed by atoms with Crippen molar-refractivity contribution in [3.8, 4) is 0 Å². The molecule has 0 aliphatic heterocycles. The van der Waals surface area contributed by atoms with Gasteiger partial charge in [0.05, 0.1) is 25.4 Å². The molecule has 0 saturated heterocycles. The normalized spacial score (nSPS) is 12.9. The molecule has 0 fully saturated rings. The Labute approximate surface area is 423 Å². The van der Waals surface area contributed by atoms with Crippen LogP contribution in [0.1, 0.15) is 309 Å². The lowest BCUT2D eigenvalue weighted by atomic mass is 10.0. The molecule has 0 aliphatic carbocycles. The van der Waals surface area contributed by atoms with Crippen molar-refractivity contribution in [3.63, 3.8) is 0 Å². The summed E-state index contributed by atoms with van der Waals surface area (Å²) in [5, 5.41) is 23.2. The van der Waals surface area contributed by atoms with Gasteiger partial charge in [-0.2, -0.15) is 0 Å². The van der Waals surface area contributed by atoms with Gasteiger partial charge >= 0.3 is 5.97 Å². The van der Waals surface area contributed by atoms with Crippen LogP contribution in [0.3, 0.4) is 0 Å². The number of hydrogen-bond donors (Lipinski definition) is 3. The Bertz CT molecular complexity index is 1150. The Morgan fingerprint density at radius 3 is 1.18 bits per heavy atom. The summed E-state index contributed by atoms with van der Waals surface area (Å²) in [4.78, 5) is 24.5. The van der Waals surface area contributed by atoms with E-state index in [0.717, 1.165) is 77.0 Å². The van der Waals surface area contributed by atoms with Gasteiger partial charge in [0.1, 0.15) is 0 Å². The van der Waals surface area contributed by atoms with E-state index in [4.69, 9.17) is 4.74 Å². The standard InChI is InChI=1S/C62H115NO5/c1-3-5-7-9-11-13-15-16-17-18-19-20-22-25-28-31-35-38-42-46-50-54-60(65)59(58-64)63-61(66)55-51-47-43-39-36-32-29-26-23-21-24-27-30-33-37-41-45-49-53-57-68-62(67)56-52-48-44-40-34-14-12-10-8-6-4-2/h10,12,27,30,33,37,50,54,59-60,64-65H,3-9,11,13-26,28-29,31-32,34-36,38-49,51-53,55-58H2,1-2H3,(H,63,66)/b12-10-,30-27-,37-33-,54-50+. The van der Waals surface area contributed by atoms with Gasteiger partial charge in [-0.3, -0.25) is 9.59 Å². The van der Waals surface area contributed by atoms with Crippen molar-refractivity contribution in [2.45, 2.75) is 321 Å². The molecule has 0 bridgehead atoms. The molecular formula is C62H115NO5. The number of aliphatic hydroxyl groups excluding tert-OH is 2. The Hall–Kier alpha value is -2.18. The number of aliphatic hydroxyl groups is 2. The van der Waals surface area contributed by atoms with Crippen LogP contribution < -0.4 is 5.32 Å². The van der Waals surface area contributed by atoms with Crippen molar-refractivity contribution in [2.75, 3.05) is 13.2 Å². The van der Waals surface area contributed by atoms with E-state index in [1.54, 1.807) is 6.08 Å². The van der Waals surface area contributed by atoms with E-state index in [0.29, 0.717) is 19.4 Å². The minimum Gasteiger partial charge on any atom is -0.466 e. The molecule has 1 amide bonds. The first-order valence-electron chi connectivity index (χ1n) is 29.9. The average molecular weight is 955 g/mol. The molecule has 0 aromatic carbocycles. The zero-order valence-corrected chi connectivity index (χ0v) is 45.3. The van der Waals surface area contributed by atoms with Gasteiger partial charge in [0.2, 0.25) is 5.91 Å². The topological polar surface area (TPSA) is 95.9 Å². The molecule has 6 heteroatoms. The molecule has 0 rings (SSSR count). The number of esters is 1. The summed E-state index contributed by atoms with van der Waals surface area (Å²) in [5.74, 6) is -0.102. The van der Waals surface area contributed by atoms with Crippen molar-refractivity contribution in [1.82, 2.24) is 5.32 Å². The number of hydrogen-bond acceptors (Lipinski definition) is 5. The zero-order valence-electron chi connectivity index (χ0n) is 45.3. The van der Waals surface area contributed by atoms with E-state index >= 15 is 0 Å². The number of ether oxygens (including phenoxy) is 1. The molecule has 0 spiro atoms. The maximum Gasteiger partial charge on any atom is 0.305 e. The quantitative estimate of drug-likeness (QED) is 0.0244.